The van der Waals surface area contributed by atoms with E-state index in [2.05, 4.69) is 48.1 Å². The fourth-order valence-electron chi connectivity index (χ4n) is 2.83. The molecule has 0 spiro atoms. The van der Waals surface area contributed by atoms with Crippen LogP contribution < -0.4 is 5.32 Å². The van der Waals surface area contributed by atoms with Crippen molar-refractivity contribution < 1.29 is 4.79 Å². The van der Waals surface area contributed by atoms with E-state index in [0.29, 0.717) is 4.83 Å². The van der Waals surface area contributed by atoms with Gasteiger partial charge in [0.15, 0.2) is 0 Å². The molecule has 1 saturated carbocycles. The number of rotatable bonds is 2. The van der Waals surface area contributed by atoms with Crippen LogP contribution in [0.25, 0.3) is 0 Å². The summed E-state index contributed by atoms with van der Waals surface area (Å²) < 4.78 is 0. The van der Waals surface area contributed by atoms with Crippen LogP contribution >= 0.6 is 15.9 Å². The lowest BCUT2D eigenvalue weighted by molar-refractivity contribution is 0.0927. The van der Waals surface area contributed by atoms with Gasteiger partial charge >= 0.3 is 0 Å². The topological polar surface area (TPSA) is 29.1 Å². The SMILES string of the molecule is CC(C)(C)c1ccccc1C(=O)NC1CCCCC1Br. The molecule has 1 aromatic rings. The number of benzene rings is 1. The highest BCUT2D eigenvalue weighted by atomic mass is 79.9. The molecule has 1 amide bonds. The molecule has 2 rings (SSSR count). The Kier molecular flexibility index (Phi) is 4.90. The van der Waals surface area contributed by atoms with Gasteiger partial charge < -0.3 is 5.32 Å². The van der Waals surface area contributed by atoms with E-state index in [-0.39, 0.29) is 17.4 Å². The van der Waals surface area contributed by atoms with Crippen molar-refractivity contribution in [2.45, 2.75) is 62.7 Å². The quantitative estimate of drug-likeness (QED) is 0.795. The Morgan fingerprint density at radius 1 is 1.20 bits per heavy atom. The monoisotopic (exact) mass is 337 g/mol. The summed E-state index contributed by atoms with van der Waals surface area (Å²) in [6.45, 7) is 6.44. The Morgan fingerprint density at radius 2 is 1.85 bits per heavy atom. The minimum atomic E-state index is -0.0195. The second-order valence-corrected chi connectivity index (χ2v) is 7.85. The highest BCUT2D eigenvalue weighted by Gasteiger charge is 2.27. The summed E-state index contributed by atoms with van der Waals surface area (Å²) in [5, 5.41) is 3.21. The van der Waals surface area contributed by atoms with E-state index < -0.39 is 0 Å². The zero-order valence-corrected chi connectivity index (χ0v) is 14.2. The van der Waals surface area contributed by atoms with Gasteiger partial charge in [-0.3, -0.25) is 4.79 Å². The Hall–Kier alpha value is -0.830. The van der Waals surface area contributed by atoms with E-state index in [1.807, 2.05) is 18.2 Å². The number of alkyl halides is 1. The van der Waals surface area contributed by atoms with Crippen LogP contribution in [-0.2, 0) is 5.41 Å². The van der Waals surface area contributed by atoms with Crippen molar-refractivity contribution >= 4 is 21.8 Å². The second-order valence-electron chi connectivity index (χ2n) is 6.68. The third-order valence-electron chi connectivity index (χ3n) is 3.98. The van der Waals surface area contributed by atoms with E-state index in [1.165, 1.54) is 12.8 Å². The predicted molar refractivity (Wildman–Crippen MR) is 87.6 cm³/mol. The summed E-state index contributed by atoms with van der Waals surface area (Å²) >= 11 is 3.70. The third kappa shape index (κ3) is 3.63. The van der Waals surface area contributed by atoms with Crippen LogP contribution in [0.3, 0.4) is 0 Å². The lowest BCUT2D eigenvalue weighted by atomic mass is 9.83. The molecule has 1 aliphatic carbocycles. The fourth-order valence-corrected chi connectivity index (χ4v) is 3.55. The summed E-state index contributed by atoms with van der Waals surface area (Å²) in [6.07, 6.45) is 4.67. The molecular formula is C17H24BrNO. The molecule has 0 saturated heterocycles. The summed E-state index contributed by atoms with van der Waals surface area (Å²) in [4.78, 5) is 13.0. The Bertz CT molecular complexity index is 478. The normalized spacial score (nSPS) is 23.4. The van der Waals surface area contributed by atoms with Gasteiger partial charge in [0.05, 0.1) is 0 Å². The lowest BCUT2D eigenvalue weighted by Crippen LogP contribution is -2.43. The standard InChI is InChI=1S/C17H24BrNO/c1-17(2,3)13-9-5-4-8-12(13)16(20)19-15-11-7-6-10-14(15)18/h4-5,8-9,14-15H,6-7,10-11H2,1-3H3,(H,19,20). The molecule has 20 heavy (non-hydrogen) atoms. The fraction of sp³-hybridized carbons (Fsp3) is 0.588. The van der Waals surface area contributed by atoms with E-state index >= 15 is 0 Å². The number of hydrogen-bond donors (Lipinski definition) is 1. The largest absolute Gasteiger partial charge is 0.348 e. The first-order chi connectivity index (χ1) is 9.39. The first-order valence-electron chi connectivity index (χ1n) is 7.44. The van der Waals surface area contributed by atoms with Crippen LogP contribution in [0.4, 0.5) is 0 Å². The molecule has 0 heterocycles. The first-order valence-corrected chi connectivity index (χ1v) is 8.35. The van der Waals surface area contributed by atoms with Crippen molar-refractivity contribution in [1.29, 1.82) is 0 Å². The van der Waals surface area contributed by atoms with Gasteiger partial charge in [-0.15, -0.1) is 0 Å². The molecule has 2 nitrogen and oxygen atoms in total. The van der Waals surface area contributed by atoms with Gasteiger partial charge in [-0.2, -0.15) is 0 Å². The zero-order chi connectivity index (χ0) is 14.8. The molecule has 3 heteroatoms. The zero-order valence-electron chi connectivity index (χ0n) is 12.6. The lowest BCUT2D eigenvalue weighted by Gasteiger charge is -2.29. The third-order valence-corrected chi connectivity index (χ3v) is 5.07. The maximum atomic E-state index is 12.6. The number of amides is 1. The van der Waals surface area contributed by atoms with Gasteiger partial charge in [-0.1, -0.05) is 67.7 Å². The second kappa shape index (κ2) is 6.30. The Morgan fingerprint density at radius 3 is 2.50 bits per heavy atom. The van der Waals surface area contributed by atoms with Crippen LogP contribution in [-0.4, -0.2) is 16.8 Å². The van der Waals surface area contributed by atoms with E-state index in [4.69, 9.17) is 0 Å². The number of carbonyl (C=O) groups is 1. The van der Waals surface area contributed by atoms with E-state index in [0.717, 1.165) is 24.0 Å². The molecule has 1 fully saturated rings. The van der Waals surface area contributed by atoms with Crippen LogP contribution in [0.15, 0.2) is 24.3 Å². The van der Waals surface area contributed by atoms with Crippen LogP contribution in [0.1, 0.15) is 62.4 Å². The molecular weight excluding hydrogens is 314 g/mol. The smallest absolute Gasteiger partial charge is 0.251 e. The summed E-state index contributed by atoms with van der Waals surface area (Å²) in [7, 11) is 0. The molecule has 0 bridgehead atoms. The molecule has 110 valence electrons. The van der Waals surface area contributed by atoms with Gasteiger partial charge in [0.2, 0.25) is 0 Å². The maximum Gasteiger partial charge on any atom is 0.251 e. The van der Waals surface area contributed by atoms with Gasteiger partial charge in [0, 0.05) is 16.4 Å². The predicted octanol–water partition coefficient (Wildman–Crippen LogP) is 4.42. The molecule has 2 unspecified atom stereocenters. The molecule has 1 aromatic carbocycles. The molecule has 2 atom stereocenters. The molecule has 0 aliphatic heterocycles. The number of hydrogen-bond acceptors (Lipinski definition) is 1. The van der Waals surface area contributed by atoms with Gasteiger partial charge in [0.25, 0.3) is 5.91 Å². The number of nitrogens with one attached hydrogen (secondary N) is 1. The molecule has 0 radical (unpaired) electrons. The van der Waals surface area contributed by atoms with Crippen molar-refractivity contribution in [2.75, 3.05) is 0 Å². The molecule has 1 N–H and O–H groups in total. The average molecular weight is 338 g/mol. The van der Waals surface area contributed by atoms with E-state index in [1.54, 1.807) is 0 Å². The average Bonchev–Trinajstić information content (AvgIpc) is 2.40. The molecule has 1 aliphatic rings. The van der Waals surface area contributed by atoms with Crippen molar-refractivity contribution in [3.05, 3.63) is 35.4 Å². The van der Waals surface area contributed by atoms with Crippen molar-refractivity contribution in [3.63, 3.8) is 0 Å². The first kappa shape index (κ1) is 15.6. The van der Waals surface area contributed by atoms with Crippen LogP contribution in [0.2, 0.25) is 0 Å². The molecule has 0 aromatic heterocycles. The summed E-state index contributed by atoms with van der Waals surface area (Å²) in [6, 6.07) is 8.19. The van der Waals surface area contributed by atoms with Crippen LogP contribution in [0.5, 0.6) is 0 Å². The van der Waals surface area contributed by atoms with Crippen LogP contribution in [0, 0.1) is 0 Å². The number of halogens is 1. The van der Waals surface area contributed by atoms with Crippen molar-refractivity contribution in [1.82, 2.24) is 5.32 Å². The minimum absolute atomic E-state index is 0.0195. The van der Waals surface area contributed by atoms with Crippen molar-refractivity contribution in [2.24, 2.45) is 0 Å². The van der Waals surface area contributed by atoms with E-state index in [9.17, 15) is 4.79 Å². The minimum Gasteiger partial charge on any atom is -0.348 e. The summed E-state index contributed by atoms with van der Waals surface area (Å²) in [5.74, 6) is 0.0619. The van der Waals surface area contributed by atoms with Gasteiger partial charge in [0.1, 0.15) is 0 Å². The Balaban J connectivity index is 2.17. The van der Waals surface area contributed by atoms with Gasteiger partial charge in [-0.05, 0) is 29.9 Å². The maximum absolute atomic E-state index is 12.6. The summed E-state index contributed by atoms with van der Waals surface area (Å²) in [5.41, 5.74) is 1.90. The number of carbonyl (C=O) groups excluding carboxylic acids is 1. The highest BCUT2D eigenvalue weighted by Crippen LogP contribution is 2.27. The Labute approximate surface area is 130 Å². The highest BCUT2D eigenvalue weighted by molar-refractivity contribution is 9.09. The van der Waals surface area contributed by atoms with Gasteiger partial charge in [-0.25, -0.2) is 0 Å². The van der Waals surface area contributed by atoms with Crippen molar-refractivity contribution in [3.8, 4) is 0 Å².